The largest absolute Gasteiger partial charge is 0.464 e. The van der Waals surface area contributed by atoms with Gasteiger partial charge in [0, 0.05) is 0 Å². The number of rotatable bonds is 10. The fraction of sp³-hybridized carbons (Fsp3) is 0.579. The molecule has 0 spiro atoms. The van der Waals surface area contributed by atoms with E-state index in [0.717, 1.165) is 18.4 Å². The van der Waals surface area contributed by atoms with Gasteiger partial charge in [-0.15, -0.1) is 0 Å². The molecule has 0 aliphatic carbocycles. The number of aliphatic hydroxyl groups excluding tert-OH is 1. The van der Waals surface area contributed by atoms with Crippen LogP contribution in [0.5, 0.6) is 0 Å². The first-order valence-corrected chi connectivity index (χ1v) is 8.51. The van der Waals surface area contributed by atoms with Crippen molar-refractivity contribution in [1.82, 2.24) is 0 Å². The number of ether oxygens (including phenoxy) is 2. The molecule has 0 radical (unpaired) electrons. The standard InChI is InChI=1S/C19H28O5/c1-4-5-11-23-19(22)17(20)16(12-14(2)3)18(21)24-13-15-9-7-6-8-10-15/h6-10,14,16-17,20H,4-5,11-13H2,1-3H3/t16-,17-/m1/s1. The molecule has 1 rings (SSSR count). The summed E-state index contributed by atoms with van der Waals surface area (Å²) in [7, 11) is 0. The molecule has 5 nitrogen and oxygen atoms in total. The fourth-order valence-electron chi connectivity index (χ4n) is 2.26. The van der Waals surface area contributed by atoms with E-state index < -0.39 is 24.0 Å². The van der Waals surface area contributed by atoms with Crippen molar-refractivity contribution < 1.29 is 24.2 Å². The van der Waals surface area contributed by atoms with Gasteiger partial charge in [0.25, 0.3) is 0 Å². The Morgan fingerprint density at radius 1 is 1.08 bits per heavy atom. The number of hydrogen-bond donors (Lipinski definition) is 1. The van der Waals surface area contributed by atoms with Gasteiger partial charge in [0.05, 0.1) is 12.5 Å². The third-order valence-corrected chi connectivity index (χ3v) is 3.62. The van der Waals surface area contributed by atoms with Gasteiger partial charge in [0.15, 0.2) is 6.10 Å². The molecule has 0 saturated carbocycles. The minimum absolute atomic E-state index is 0.117. The first-order chi connectivity index (χ1) is 11.5. The van der Waals surface area contributed by atoms with Crippen LogP contribution < -0.4 is 0 Å². The van der Waals surface area contributed by atoms with Gasteiger partial charge in [-0.1, -0.05) is 57.5 Å². The number of hydrogen-bond acceptors (Lipinski definition) is 5. The Labute approximate surface area is 144 Å². The van der Waals surface area contributed by atoms with Crippen molar-refractivity contribution in [3.05, 3.63) is 35.9 Å². The Hall–Kier alpha value is -1.88. The molecule has 0 saturated heterocycles. The van der Waals surface area contributed by atoms with E-state index in [9.17, 15) is 14.7 Å². The number of benzene rings is 1. The topological polar surface area (TPSA) is 72.8 Å². The molecule has 0 heterocycles. The molecule has 5 heteroatoms. The van der Waals surface area contributed by atoms with Crippen molar-refractivity contribution in [2.45, 2.75) is 52.7 Å². The maximum atomic E-state index is 12.3. The molecule has 24 heavy (non-hydrogen) atoms. The van der Waals surface area contributed by atoms with Gasteiger partial charge in [-0.05, 0) is 24.3 Å². The maximum absolute atomic E-state index is 12.3. The second-order valence-corrected chi connectivity index (χ2v) is 6.30. The van der Waals surface area contributed by atoms with Crippen LogP contribution in [0.25, 0.3) is 0 Å². The molecule has 1 aromatic carbocycles. The molecule has 0 amide bonds. The van der Waals surface area contributed by atoms with Crippen molar-refractivity contribution in [1.29, 1.82) is 0 Å². The fourth-order valence-corrected chi connectivity index (χ4v) is 2.26. The van der Waals surface area contributed by atoms with Gasteiger partial charge < -0.3 is 14.6 Å². The summed E-state index contributed by atoms with van der Waals surface area (Å²) < 4.78 is 10.3. The van der Waals surface area contributed by atoms with E-state index >= 15 is 0 Å². The zero-order valence-electron chi connectivity index (χ0n) is 14.7. The SMILES string of the molecule is CCCCOC(=O)[C@H](O)[C@@H](CC(C)C)C(=O)OCc1ccccc1. The van der Waals surface area contributed by atoms with Gasteiger partial charge in [-0.2, -0.15) is 0 Å². The second-order valence-electron chi connectivity index (χ2n) is 6.30. The van der Waals surface area contributed by atoms with Gasteiger partial charge >= 0.3 is 11.9 Å². The van der Waals surface area contributed by atoms with E-state index in [4.69, 9.17) is 9.47 Å². The van der Waals surface area contributed by atoms with Crippen molar-refractivity contribution in [2.75, 3.05) is 6.61 Å². The summed E-state index contributed by atoms with van der Waals surface area (Å²) in [6, 6.07) is 9.28. The number of unbranched alkanes of at least 4 members (excludes halogenated alkanes) is 1. The lowest BCUT2D eigenvalue weighted by molar-refractivity contribution is -0.168. The van der Waals surface area contributed by atoms with E-state index in [1.165, 1.54) is 0 Å². The van der Waals surface area contributed by atoms with E-state index in [2.05, 4.69) is 0 Å². The number of aliphatic hydroxyl groups is 1. The zero-order chi connectivity index (χ0) is 17.9. The Kier molecular flexibility index (Phi) is 9.08. The minimum atomic E-state index is -1.49. The summed E-state index contributed by atoms with van der Waals surface area (Å²) in [4.78, 5) is 24.3. The predicted molar refractivity (Wildman–Crippen MR) is 91.1 cm³/mol. The molecule has 2 atom stereocenters. The highest BCUT2D eigenvalue weighted by atomic mass is 16.6. The molecule has 0 bridgehead atoms. The Morgan fingerprint density at radius 2 is 1.75 bits per heavy atom. The van der Waals surface area contributed by atoms with Crippen LogP contribution in [0.2, 0.25) is 0 Å². The first kappa shape index (κ1) is 20.2. The zero-order valence-corrected chi connectivity index (χ0v) is 14.7. The average Bonchev–Trinajstić information content (AvgIpc) is 2.57. The minimum Gasteiger partial charge on any atom is -0.464 e. The molecular weight excluding hydrogens is 308 g/mol. The normalized spacial score (nSPS) is 13.4. The summed E-state index contributed by atoms with van der Waals surface area (Å²) in [5.74, 6) is -2.11. The summed E-state index contributed by atoms with van der Waals surface area (Å²) in [6.07, 6.45) is 0.481. The smallest absolute Gasteiger partial charge is 0.335 e. The van der Waals surface area contributed by atoms with Gasteiger partial charge in [-0.3, -0.25) is 4.79 Å². The quantitative estimate of drug-likeness (QED) is 0.525. The van der Waals surface area contributed by atoms with Crippen LogP contribution in [0.4, 0.5) is 0 Å². The summed E-state index contributed by atoms with van der Waals surface area (Å²) in [5.41, 5.74) is 0.856. The predicted octanol–water partition coefficient (Wildman–Crippen LogP) is 3.10. The van der Waals surface area contributed by atoms with E-state index in [0.29, 0.717) is 6.42 Å². The highest BCUT2D eigenvalue weighted by molar-refractivity contribution is 5.83. The lowest BCUT2D eigenvalue weighted by atomic mass is 9.92. The average molecular weight is 336 g/mol. The molecule has 1 aromatic rings. The van der Waals surface area contributed by atoms with Crippen molar-refractivity contribution in [3.8, 4) is 0 Å². The molecule has 0 unspecified atom stereocenters. The Morgan fingerprint density at radius 3 is 2.33 bits per heavy atom. The molecule has 134 valence electrons. The lowest BCUT2D eigenvalue weighted by Crippen LogP contribution is -2.38. The summed E-state index contributed by atoms with van der Waals surface area (Å²) in [6.45, 7) is 6.19. The highest BCUT2D eigenvalue weighted by Crippen LogP contribution is 2.19. The van der Waals surface area contributed by atoms with Crippen molar-refractivity contribution in [3.63, 3.8) is 0 Å². The van der Waals surface area contributed by atoms with Crippen LogP contribution in [0.3, 0.4) is 0 Å². The molecular formula is C19H28O5. The molecule has 0 aliphatic heterocycles. The second kappa shape index (κ2) is 10.8. The number of esters is 2. The molecule has 0 aromatic heterocycles. The van der Waals surface area contributed by atoms with Gasteiger partial charge in [-0.25, -0.2) is 4.79 Å². The molecule has 0 fully saturated rings. The van der Waals surface area contributed by atoms with Crippen LogP contribution in [0.15, 0.2) is 30.3 Å². The van der Waals surface area contributed by atoms with Crippen LogP contribution in [0.1, 0.15) is 45.6 Å². The van der Waals surface area contributed by atoms with Crippen LogP contribution >= 0.6 is 0 Å². The highest BCUT2D eigenvalue weighted by Gasteiger charge is 2.35. The van der Waals surface area contributed by atoms with Crippen LogP contribution in [-0.2, 0) is 25.7 Å². The molecule has 1 N–H and O–H groups in total. The third kappa shape index (κ3) is 7.13. The van der Waals surface area contributed by atoms with Crippen molar-refractivity contribution >= 4 is 11.9 Å². The first-order valence-electron chi connectivity index (χ1n) is 8.51. The summed E-state index contributed by atoms with van der Waals surface area (Å²) in [5, 5.41) is 10.2. The van der Waals surface area contributed by atoms with Crippen LogP contribution in [-0.4, -0.2) is 29.8 Å². The Balaban J connectivity index is 2.65. The Bertz CT molecular complexity index is 498. The number of carbonyl (C=O) groups is 2. The van der Waals surface area contributed by atoms with Crippen molar-refractivity contribution in [2.24, 2.45) is 11.8 Å². The van der Waals surface area contributed by atoms with Gasteiger partial charge in [0.1, 0.15) is 6.61 Å². The maximum Gasteiger partial charge on any atom is 0.335 e. The van der Waals surface area contributed by atoms with E-state index in [1.54, 1.807) is 0 Å². The van der Waals surface area contributed by atoms with Gasteiger partial charge in [0.2, 0.25) is 0 Å². The number of carbonyl (C=O) groups excluding carboxylic acids is 2. The van der Waals surface area contributed by atoms with E-state index in [-0.39, 0.29) is 19.1 Å². The van der Waals surface area contributed by atoms with E-state index in [1.807, 2.05) is 51.1 Å². The van der Waals surface area contributed by atoms with Crippen LogP contribution in [0, 0.1) is 11.8 Å². The molecule has 0 aliphatic rings. The third-order valence-electron chi connectivity index (χ3n) is 3.62. The summed E-state index contributed by atoms with van der Waals surface area (Å²) >= 11 is 0. The monoisotopic (exact) mass is 336 g/mol. The lowest BCUT2D eigenvalue weighted by Gasteiger charge is -2.22.